The standard InChI is InChI=1S/C34H27NO4/c36-34(37)39-33-30(20-10-22-38-31-21-8-14-24-13-4-5-16-26(24)31)29-19-9-18-28(32(29)35-33)27-17-7-6-15-25(27)23-11-2-1-3-12-23/h1-9,11-19,21,35H,10,20,22H2,(H,36,37). The molecular weight excluding hydrogens is 486 g/mol. The Bertz CT molecular complexity index is 1770. The van der Waals surface area contributed by atoms with Gasteiger partial charge in [0, 0.05) is 21.9 Å². The maximum atomic E-state index is 11.6. The van der Waals surface area contributed by atoms with Crippen molar-refractivity contribution in [3.8, 4) is 33.9 Å². The van der Waals surface area contributed by atoms with Crippen molar-refractivity contribution < 1.29 is 19.4 Å². The number of H-pyrrole nitrogens is 1. The van der Waals surface area contributed by atoms with Gasteiger partial charge in [-0.25, -0.2) is 4.79 Å². The van der Waals surface area contributed by atoms with Gasteiger partial charge in [0.1, 0.15) is 5.75 Å². The van der Waals surface area contributed by atoms with Crippen molar-refractivity contribution in [3.05, 3.63) is 121 Å². The molecular formula is C34H27NO4. The second kappa shape index (κ2) is 10.8. The molecule has 5 nitrogen and oxygen atoms in total. The molecule has 0 bridgehead atoms. The number of carbonyl (C=O) groups is 1. The van der Waals surface area contributed by atoms with Gasteiger partial charge in [-0.15, -0.1) is 0 Å². The summed E-state index contributed by atoms with van der Waals surface area (Å²) in [6.07, 6.45) is -0.0604. The number of rotatable bonds is 8. The summed E-state index contributed by atoms with van der Waals surface area (Å²) in [6, 6.07) is 38.7. The van der Waals surface area contributed by atoms with Crippen LogP contribution in [0, 0.1) is 0 Å². The maximum Gasteiger partial charge on any atom is 0.512 e. The minimum absolute atomic E-state index is 0.257. The summed E-state index contributed by atoms with van der Waals surface area (Å²) >= 11 is 0. The lowest BCUT2D eigenvalue weighted by Crippen LogP contribution is -2.06. The van der Waals surface area contributed by atoms with Crippen LogP contribution in [0.15, 0.2) is 115 Å². The molecule has 0 fully saturated rings. The number of hydrogen-bond acceptors (Lipinski definition) is 3. The van der Waals surface area contributed by atoms with Crippen molar-refractivity contribution in [2.45, 2.75) is 12.8 Å². The molecule has 0 aliphatic rings. The Kier molecular flexibility index (Phi) is 6.71. The molecule has 0 aliphatic heterocycles. The number of carboxylic acid groups (broad SMARTS) is 1. The zero-order valence-corrected chi connectivity index (χ0v) is 21.3. The number of benzene rings is 5. The van der Waals surface area contributed by atoms with E-state index in [4.69, 9.17) is 9.47 Å². The fraction of sp³-hybridized carbons (Fsp3) is 0.0882. The number of hydrogen-bond donors (Lipinski definition) is 2. The van der Waals surface area contributed by atoms with Crippen molar-refractivity contribution >= 4 is 27.8 Å². The second-order valence-electron chi connectivity index (χ2n) is 9.37. The van der Waals surface area contributed by atoms with Gasteiger partial charge in [0.25, 0.3) is 0 Å². The number of fused-ring (bicyclic) bond motifs is 2. The van der Waals surface area contributed by atoms with Crippen LogP contribution >= 0.6 is 0 Å². The lowest BCUT2D eigenvalue weighted by Gasteiger charge is -2.11. The zero-order valence-electron chi connectivity index (χ0n) is 21.3. The Labute approximate surface area is 226 Å². The monoisotopic (exact) mass is 513 g/mol. The first-order chi connectivity index (χ1) is 19.2. The fourth-order valence-corrected chi connectivity index (χ4v) is 5.24. The van der Waals surface area contributed by atoms with Gasteiger partial charge in [-0.05, 0) is 41.0 Å². The van der Waals surface area contributed by atoms with Crippen molar-refractivity contribution in [3.63, 3.8) is 0 Å². The molecule has 0 aliphatic carbocycles. The Morgan fingerprint density at radius 2 is 1.36 bits per heavy atom. The summed E-state index contributed by atoms with van der Waals surface area (Å²) in [5, 5.41) is 12.6. The van der Waals surface area contributed by atoms with E-state index in [1.807, 2.05) is 66.7 Å². The number of nitrogens with one attached hydrogen (secondary N) is 1. The van der Waals surface area contributed by atoms with Crippen LogP contribution in [0.3, 0.4) is 0 Å². The Hall–Kier alpha value is -5.03. The third kappa shape index (κ3) is 4.94. The Balaban J connectivity index is 1.32. The van der Waals surface area contributed by atoms with Crippen LogP contribution in [0.2, 0.25) is 0 Å². The molecule has 0 unspecified atom stereocenters. The lowest BCUT2D eigenvalue weighted by atomic mass is 9.93. The van der Waals surface area contributed by atoms with Crippen LogP contribution < -0.4 is 9.47 Å². The minimum Gasteiger partial charge on any atom is -0.493 e. The third-order valence-electron chi connectivity index (χ3n) is 6.97. The van der Waals surface area contributed by atoms with Gasteiger partial charge in [0.05, 0.1) is 12.1 Å². The first-order valence-electron chi connectivity index (χ1n) is 13.0. The highest BCUT2D eigenvalue weighted by Crippen LogP contribution is 2.39. The number of para-hydroxylation sites is 1. The molecule has 0 saturated carbocycles. The van der Waals surface area contributed by atoms with E-state index >= 15 is 0 Å². The van der Waals surface area contributed by atoms with Gasteiger partial charge in [0.2, 0.25) is 5.88 Å². The first kappa shape index (κ1) is 24.3. The number of aryl methyl sites for hydroxylation is 1. The van der Waals surface area contributed by atoms with E-state index in [0.29, 0.717) is 19.4 Å². The largest absolute Gasteiger partial charge is 0.512 e. The van der Waals surface area contributed by atoms with Gasteiger partial charge < -0.3 is 19.6 Å². The Morgan fingerprint density at radius 3 is 2.21 bits per heavy atom. The molecule has 6 rings (SSSR count). The predicted octanol–water partition coefficient (Wildman–Crippen LogP) is 8.72. The normalized spacial score (nSPS) is 11.1. The fourth-order valence-electron chi connectivity index (χ4n) is 5.24. The lowest BCUT2D eigenvalue weighted by molar-refractivity contribution is 0.142. The third-order valence-corrected chi connectivity index (χ3v) is 6.97. The molecule has 1 heterocycles. The highest BCUT2D eigenvalue weighted by molar-refractivity contribution is 6.01. The first-order valence-corrected chi connectivity index (χ1v) is 13.0. The van der Waals surface area contributed by atoms with E-state index in [-0.39, 0.29) is 5.88 Å². The summed E-state index contributed by atoms with van der Waals surface area (Å²) in [6.45, 7) is 0.490. The van der Waals surface area contributed by atoms with Crippen LogP contribution in [0.1, 0.15) is 12.0 Å². The van der Waals surface area contributed by atoms with E-state index in [0.717, 1.165) is 55.2 Å². The molecule has 2 N–H and O–H groups in total. The van der Waals surface area contributed by atoms with Crippen LogP contribution in [-0.2, 0) is 6.42 Å². The SMILES string of the molecule is O=C(O)Oc1[nH]c2c(-c3ccccc3-c3ccccc3)cccc2c1CCCOc1cccc2ccccc12. The van der Waals surface area contributed by atoms with Gasteiger partial charge in [0.15, 0.2) is 0 Å². The smallest absolute Gasteiger partial charge is 0.493 e. The molecule has 6 aromatic rings. The minimum atomic E-state index is -1.35. The van der Waals surface area contributed by atoms with Gasteiger partial charge in [-0.3, -0.25) is 0 Å². The molecule has 0 spiro atoms. The van der Waals surface area contributed by atoms with Gasteiger partial charge in [-0.2, -0.15) is 0 Å². The number of aromatic nitrogens is 1. The molecule has 0 saturated heterocycles. The highest BCUT2D eigenvalue weighted by Gasteiger charge is 2.19. The molecule has 0 radical (unpaired) electrons. The second-order valence-corrected chi connectivity index (χ2v) is 9.37. The topological polar surface area (TPSA) is 71.5 Å². The van der Waals surface area contributed by atoms with E-state index in [1.54, 1.807) is 0 Å². The van der Waals surface area contributed by atoms with E-state index in [2.05, 4.69) is 53.5 Å². The average Bonchev–Trinajstić information content (AvgIpc) is 3.32. The average molecular weight is 514 g/mol. The van der Waals surface area contributed by atoms with Crippen molar-refractivity contribution in [1.82, 2.24) is 4.98 Å². The summed E-state index contributed by atoms with van der Waals surface area (Å²) in [5.41, 5.74) is 5.94. The molecule has 39 heavy (non-hydrogen) atoms. The molecule has 0 amide bonds. The molecule has 5 heteroatoms. The zero-order chi connectivity index (χ0) is 26.6. The van der Waals surface area contributed by atoms with Crippen LogP contribution in [0.25, 0.3) is 43.9 Å². The van der Waals surface area contributed by atoms with Crippen molar-refractivity contribution in [1.29, 1.82) is 0 Å². The molecule has 5 aromatic carbocycles. The predicted molar refractivity (Wildman–Crippen MR) is 156 cm³/mol. The summed E-state index contributed by atoms with van der Waals surface area (Å²) in [7, 11) is 0. The van der Waals surface area contributed by atoms with Crippen molar-refractivity contribution in [2.24, 2.45) is 0 Å². The summed E-state index contributed by atoms with van der Waals surface area (Å²) in [5.74, 6) is 1.10. The number of ether oxygens (including phenoxy) is 2. The Morgan fingerprint density at radius 1 is 0.692 bits per heavy atom. The maximum absolute atomic E-state index is 11.6. The van der Waals surface area contributed by atoms with Crippen LogP contribution in [0.5, 0.6) is 11.6 Å². The van der Waals surface area contributed by atoms with E-state index in [1.165, 1.54) is 0 Å². The van der Waals surface area contributed by atoms with Gasteiger partial charge in [-0.1, -0.05) is 109 Å². The van der Waals surface area contributed by atoms with Crippen LogP contribution in [-0.4, -0.2) is 22.9 Å². The molecule has 192 valence electrons. The highest BCUT2D eigenvalue weighted by atomic mass is 16.7. The molecule has 1 aromatic heterocycles. The number of aromatic amines is 1. The van der Waals surface area contributed by atoms with Crippen LogP contribution in [0.4, 0.5) is 4.79 Å². The van der Waals surface area contributed by atoms with Gasteiger partial charge >= 0.3 is 6.16 Å². The quantitative estimate of drug-likeness (QED) is 0.158. The summed E-state index contributed by atoms with van der Waals surface area (Å²) < 4.78 is 11.4. The summed E-state index contributed by atoms with van der Waals surface area (Å²) in [4.78, 5) is 14.8. The van der Waals surface area contributed by atoms with Crippen molar-refractivity contribution in [2.75, 3.05) is 6.61 Å². The van der Waals surface area contributed by atoms with E-state index in [9.17, 15) is 9.90 Å². The van der Waals surface area contributed by atoms with E-state index < -0.39 is 6.16 Å². The molecule has 0 atom stereocenters.